The van der Waals surface area contributed by atoms with Crippen LogP contribution in [-0.2, 0) is 4.79 Å². The molecule has 0 aromatic carbocycles. The Morgan fingerprint density at radius 1 is 1.46 bits per heavy atom. The molecule has 0 radical (unpaired) electrons. The van der Waals surface area contributed by atoms with Crippen molar-refractivity contribution in [2.45, 2.75) is 51.6 Å². The molecule has 1 rings (SSSR count). The third kappa shape index (κ3) is 2.99. The molecule has 0 saturated heterocycles. The maximum atomic E-state index is 11.3. The van der Waals surface area contributed by atoms with Gasteiger partial charge in [-0.15, -0.1) is 0 Å². The summed E-state index contributed by atoms with van der Waals surface area (Å²) in [7, 11) is 0. The Balaban J connectivity index is 2.38. The van der Waals surface area contributed by atoms with E-state index >= 15 is 0 Å². The van der Waals surface area contributed by atoms with Crippen LogP contribution in [0, 0.1) is 5.92 Å². The van der Waals surface area contributed by atoms with Crippen molar-refractivity contribution in [3.05, 3.63) is 0 Å². The van der Waals surface area contributed by atoms with E-state index in [2.05, 4.69) is 12.2 Å². The summed E-state index contributed by atoms with van der Waals surface area (Å²) in [6.45, 7) is 3.92. The smallest absolute Gasteiger partial charge is 0.236 e. The minimum absolute atomic E-state index is 0.0150. The Hall–Kier alpha value is -0.570. The number of carbonyl (C=O) groups excluding carboxylic acids is 1. The molecule has 1 amide bonds. The Kier molecular flexibility index (Phi) is 3.72. The van der Waals surface area contributed by atoms with Crippen molar-refractivity contribution in [1.29, 1.82) is 0 Å². The van der Waals surface area contributed by atoms with Crippen molar-refractivity contribution in [3.8, 4) is 0 Å². The van der Waals surface area contributed by atoms with Crippen molar-refractivity contribution in [2.75, 3.05) is 0 Å². The van der Waals surface area contributed by atoms with Crippen molar-refractivity contribution in [3.63, 3.8) is 0 Å². The summed E-state index contributed by atoms with van der Waals surface area (Å²) in [6, 6.07) is -0.0265. The first-order valence-corrected chi connectivity index (χ1v) is 5.17. The molecule has 76 valence electrons. The van der Waals surface area contributed by atoms with Gasteiger partial charge in [0.1, 0.15) is 0 Å². The van der Waals surface area contributed by atoms with Crippen LogP contribution >= 0.6 is 0 Å². The maximum absolute atomic E-state index is 11.3. The second-order valence-corrected chi connectivity index (χ2v) is 4.17. The molecule has 1 aliphatic rings. The zero-order chi connectivity index (χ0) is 9.84. The lowest BCUT2D eigenvalue weighted by Gasteiger charge is -2.30. The standard InChI is InChI=1S/C10H20N2O/c1-7-5-3-4-6-9(7)12-10(13)8(2)11/h7-9H,3-6,11H2,1-2H3,(H,12,13)/t7?,8-,9?/m1/s1. The van der Waals surface area contributed by atoms with Crippen molar-refractivity contribution >= 4 is 5.91 Å². The van der Waals surface area contributed by atoms with Crippen LogP contribution in [0.1, 0.15) is 39.5 Å². The second kappa shape index (κ2) is 4.61. The molecule has 0 heterocycles. The Bertz CT molecular complexity index is 180. The molecule has 0 aliphatic heterocycles. The third-order valence-corrected chi connectivity index (χ3v) is 2.85. The van der Waals surface area contributed by atoms with Gasteiger partial charge in [-0.3, -0.25) is 4.79 Å². The predicted molar refractivity (Wildman–Crippen MR) is 53.2 cm³/mol. The van der Waals surface area contributed by atoms with Crippen LogP contribution in [0.2, 0.25) is 0 Å². The first kappa shape index (κ1) is 10.5. The van der Waals surface area contributed by atoms with Gasteiger partial charge in [0.2, 0.25) is 5.91 Å². The van der Waals surface area contributed by atoms with Crippen LogP contribution in [0.5, 0.6) is 0 Å². The summed E-state index contributed by atoms with van der Waals surface area (Å²) in [6.07, 6.45) is 4.86. The van der Waals surface area contributed by atoms with Crippen LogP contribution in [-0.4, -0.2) is 18.0 Å². The molecule has 1 aliphatic carbocycles. The monoisotopic (exact) mass is 184 g/mol. The summed E-state index contributed by atoms with van der Waals surface area (Å²) in [5.74, 6) is 0.593. The van der Waals surface area contributed by atoms with Crippen LogP contribution in [0.3, 0.4) is 0 Å². The number of nitrogens with one attached hydrogen (secondary N) is 1. The second-order valence-electron chi connectivity index (χ2n) is 4.17. The molecule has 2 unspecified atom stereocenters. The topological polar surface area (TPSA) is 55.1 Å². The summed E-state index contributed by atoms with van der Waals surface area (Å²) >= 11 is 0. The highest BCUT2D eigenvalue weighted by Gasteiger charge is 2.23. The first-order valence-electron chi connectivity index (χ1n) is 5.17. The van der Waals surface area contributed by atoms with E-state index in [1.54, 1.807) is 6.92 Å². The van der Waals surface area contributed by atoms with E-state index in [4.69, 9.17) is 5.73 Å². The van der Waals surface area contributed by atoms with Gasteiger partial charge in [0.05, 0.1) is 6.04 Å². The van der Waals surface area contributed by atoms with Gasteiger partial charge in [0, 0.05) is 6.04 Å². The molecule has 0 aromatic heterocycles. The Morgan fingerprint density at radius 2 is 2.08 bits per heavy atom. The van der Waals surface area contributed by atoms with Crippen molar-refractivity contribution in [1.82, 2.24) is 5.32 Å². The number of carbonyl (C=O) groups is 1. The molecular formula is C10H20N2O. The van der Waals surface area contributed by atoms with Crippen molar-refractivity contribution in [2.24, 2.45) is 11.7 Å². The normalized spacial score (nSPS) is 31.0. The number of amides is 1. The number of nitrogens with two attached hydrogens (primary N) is 1. The van der Waals surface area contributed by atoms with Gasteiger partial charge in [-0.1, -0.05) is 19.8 Å². The van der Waals surface area contributed by atoms with Crippen LogP contribution in [0.25, 0.3) is 0 Å². The zero-order valence-corrected chi connectivity index (χ0v) is 8.55. The fraction of sp³-hybridized carbons (Fsp3) is 0.900. The average Bonchev–Trinajstić information content (AvgIpc) is 2.08. The van der Waals surface area contributed by atoms with Gasteiger partial charge in [0.25, 0.3) is 0 Å². The Morgan fingerprint density at radius 3 is 2.62 bits per heavy atom. The van der Waals surface area contributed by atoms with E-state index in [9.17, 15) is 4.79 Å². The number of hydrogen-bond donors (Lipinski definition) is 2. The molecule has 0 bridgehead atoms. The van der Waals surface area contributed by atoms with E-state index in [1.807, 2.05) is 0 Å². The lowest BCUT2D eigenvalue weighted by molar-refractivity contribution is -0.123. The van der Waals surface area contributed by atoms with E-state index in [-0.39, 0.29) is 11.9 Å². The summed E-state index contributed by atoms with van der Waals surface area (Å²) in [5, 5.41) is 3.00. The van der Waals surface area contributed by atoms with Gasteiger partial charge in [-0.25, -0.2) is 0 Å². The van der Waals surface area contributed by atoms with E-state index in [0.717, 1.165) is 6.42 Å². The molecule has 3 N–H and O–H groups in total. The predicted octanol–water partition coefficient (Wildman–Crippen LogP) is 1.03. The highest BCUT2D eigenvalue weighted by molar-refractivity contribution is 5.81. The molecule has 0 aromatic rings. The molecule has 3 heteroatoms. The van der Waals surface area contributed by atoms with Gasteiger partial charge in [0.15, 0.2) is 0 Å². The van der Waals surface area contributed by atoms with E-state index in [0.29, 0.717) is 12.0 Å². The summed E-state index contributed by atoms with van der Waals surface area (Å²) in [5.41, 5.74) is 5.49. The lowest BCUT2D eigenvalue weighted by atomic mass is 9.86. The third-order valence-electron chi connectivity index (χ3n) is 2.85. The highest BCUT2D eigenvalue weighted by atomic mass is 16.2. The molecule has 0 spiro atoms. The Labute approximate surface area is 80.1 Å². The summed E-state index contributed by atoms with van der Waals surface area (Å²) < 4.78 is 0. The quantitative estimate of drug-likeness (QED) is 0.673. The minimum atomic E-state index is -0.380. The van der Waals surface area contributed by atoms with Crippen LogP contribution in [0.4, 0.5) is 0 Å². The van der Waals surface area contributed by atoms with Gasteiger partial charge in [-0.05, 0) is 25.7 Å². The largest absolute Gasteiger partial charge is 0.352 e. The van der Waals surface area contributed by atoms with E-state index in [1.165, 1.54) is 19.3 Å². The van der Waals surface area contributed by atoms with E-state index < -0.39 is 0 Å². The molecular weight excluding hydrogens is 164 g/mol. The SMILES string of the molecule is CC1CCCCC1NC(=O)[C@@H](C)N. The molecule has 1 fully saturated rings. The van der Waals surface area contributed by atoms with Crippen molar-refractivity contribution < 1.29 is 4.79 Å². The molecule has 1 saturated carbocycles. The highest BCUT2D eigenvalue weighted by Crippen LogP contribution is 2.23. The average molecular weight is 184 g/mol. The minimum Gasteiger partial charge on any atom is -0.352 e. The summed E-state index contributed by atoms with van der Waals surface area (Å²) in [4.78, 5) is 11.3. The van der Waals surface area contributed by atoms with Crippen LogP contribution < -0.4 is 11.1 Å². The van der Waals surface area contributed by atoms with Gasteiger partial charge < -0.3 is 11.1 Å². The fourth-order valence-electron chi connectivity index (χ4n) is 1.84. The van der Waals surface area contributed by atoms with Gasteiger partial charge in [-0.2, -0.15) is 0 Å². The molecule has 3 nitrogen and oxygen atoms in total. The van der Waals surface area contributed by atoms with Gasteiger partial charge >= 0.3 is 0 Å². The molecule has 13 heavy (non-hydrogen) atoms. The number of rotatable bonds is 2. The molecule has 3 atom stereocenters. The van der Waals surface area contributed by atoms with Crippen LogP contribution in [0.15, 0.2) is 0 Å². The fourth-order valence-corrected chi connectivity index (χ4v) is 1.84. The maximum Gasteiger partial charge on any atom is 0.236 e. The number of hydrogen-bond acceptors (Lipinski definition) is 2. The lowest BCUT2D eigenvalue weighted by Crippen LogP contribution is -2.47. The first-order chi connectivity index (χ1) is 6.11. The zero-order valence-electron chi connectivity index (χ0n) is 8.55.